The molecule has 2 aromatic rings. The average molecular weight is 247 g/mol. The number of carbonyl (C=O) groups is 1. The summed E-state index contributed by atoms with van der Waals surface area (Å²) in [4.78, 5) is 17.7. The Labute approximate surface area is 103 Å². The number of carbonyl (C=O) groups excluding carboxylic acids is 1. The summed E-state index contributed by atoms with van der Waals surface area (Å²) >= 11 is 1.46. The highest BCUT2D eigenvalue weighted by Crippen LogP contribution is 2.18. The maximum Gasteiger partial charge on any atom is 0.266 e. The number of hydrogen-bond donors (Lipinski definition) is 2. The lowest BCUT2D eigenvalue weighted by atomic mass is 10.2. The van der Waals surface area contributed by atoms with Crippen LogP contribution in [0.1, 0.15) is 20.1 Å². The lowest BCUT2D eigenvalue weighted by molar-refractivity contribution is 0.103. The van der Waals surface area contributed by atoms with Crippen molar-refractivity contribution in [1.29, 1.82) is 0 Å². The van der Waals surface area contributed by atoms with E-state index in [1.807, 2.05) is 19.9 Å². The third-order valence-electron chi connectivity index (χ3n) is 2.36. The van der Waals surface area contributed by atoms with Crippen LogP contribution in [0.2, 0.25) is 0 Å². The maximum atomic E-state index is 11.9. The van der Waals surface area contributed by atoms with E-state index in [2.05, 4.69) is 10.3 Å². The van der Waals surface area contributed by atoms with Gasteiger partial charge < -0.3 is 11.1 Å². The predicted octanol–water partition coefficient (Wildman–Crippen LogP) is 2.59. The molecule has 0 unspecified atom stereocenters. The smallest absolute Gasteiger partial charge is 0.266 e. The van der Waals surface area contributed by atoms with Gasteiger partial charge in [0, 0.05) is 4.88 Å². The van der Waals surface area contributed by atoms with E-state index in [-0.39, 0.29) is 5.91 Å². The summed E-state index contributed by atoms with van der Waals surface area (Å²) in [7, 11) is 0. The monoisotopic (exact) mass is 247 g/mol. The van der Waals surface area contributed by atoms with Crippen LogP contribution in [0.5, 0.6) is 0 Å². The Bertz CT molecular complexity index is 563. The van der Waals surface area contributed by atoms with Gasteiger partial charge in [-0.3, -0.25) is 4.79 Å². The Morgan fingerprint density at radius 3 is 2.76 bits per heavy atom. The molecule has 0 aliphatic carbocycles. The zero-order chi connectivity index (χ0) is 12.4. The summed E-state index contributed by atoms with van der Waals surface area (Å²) in [6.07, 6.45) is 1.55. The molecule has 0 saturated heterocycles. The van der Waals surface area contributed by atoms with Crippen molar-refractivity contribution in [3.8, 4) is 0 Å². The molecule has 0 saturated carbocycles. The molecule has 88 valence electrons. The quantitative estimate of drug-likeness (QED) is 0.857. The van der Waals surface area contributed by atoms with Gasteiger partial charge in [-0.15, -0.1) is 11.3 Å². The predicted molar refractivity (Wildman–Crippen MR) is 70.4 cm³/mol. The van der Waals surface area contributed by atoms with E-state index in [9.17, 15) is 4.79 Å². The Kier molecular flexibility index (Phi) is 3.10. The molecule has 5 heteroatoms. The number of amides is 1. The van der Waals surface area contributed by atoms with Gasteiger partial charge >= 0.3 is 0 Å². The van der Waals surface area contributed by atoms with Crippen LogP contribution in [0.3, 0.4) is 0 Å². The summed E-state index contributed by atoms with van der Waals surface area (Å²) in [6.45, 7) is 3.84. The SMILES string of the molecule is Cc1ccc(C(=O)Nc2cc(C)c(N)cn2)s1. The third kappa shape index (κ3) is 2.62. The Hall–Kier alpha value is -1.88. The molecule has 4 nitrogen and oxygen atoms in total. The molecule has 3 N–H and O–H groups in total. The highest BCUT2D eigenvalue weighted by Gasteiger charge is 2.09. The fraction of sp³-hybridized carbons (Fsp3) is 0.167. The molecule has 0 aliphatic rings. The summed E-state index contributed by atoms with van der Waals surface area (Å²) in [5, 5.41) is 2.74. The van der Waals surface area contributed by atoms with Crippen molar-refractivity contribution in [2.75, 3.05) is 11.1 Å². The number of nitrogens with two attached hydrogens (primary N) is 1. The van der Waals surface area contributed by atoms with Crippen molar-refractivity contribution < 1.29 is 4.79 Å². The van der Waals surface area contributed by atoms with Crippen LogP contribution >= 0.6 is 11.3 Å². The van der Waals surface area contributed by atoms with Crippen LogP contribution in [-0.2, 0) is 0 Å². The number of nitrogen functional groups attached to an aromatic ring is 1. The third-order valence-corrected chi connectivity index (χ3v) is 3.36. The number of anilines is 2. The largest absolute Gasteiger partial charge is 0.397 e. The first-order chi connectivity index (χ1) is 8.06. The number of thiophene rings is 1. The first kappa shape index (κ1) is 11.6. The fourth-order valence-corrected chi connectivity index (χ4v) is 2.13. The van der Waals surface area contributed by atoms with Crippen LogP contribution < -0.4 is 11.1 Å². The van der Waals surface area contributed by atoms with E-state index in [0.717, 1.165) is 10.4 Å². The molecule has 0 fully saturated rings. The first-order valence-electron chi connectivity index (χ1n) is 5.16. The maximum absolute atomic E-state index is 11.9. The van der Waals surface area contributed by atoms with Gasteiger partial charge in [0.2, 0.25) is 0 Å². The molecule has 0 atom stereocenters. The highest BCUT2D eigenvalue weighted by atomic mass is 32.1. The molecule has 2 heterocycles. The number of hydrogen-bond acceptors (Lipinski definition) is 4. The second kappa shape index (κ2) is 4.55. The van der Waals surface area contributed by atoms with E-state index < -0.39 is 0 Å². The minimum absolute atomic E-state index is 0.139. The number of aryl methyl sites for hydroxylation is 2. The van der Waals surface area contributed by atoms with Crippen molar-refractivity contribution in [3.05, 3.63) is 39.7 Å². The molecule has 0 radical (unpaired) electrons. The lowest BCUT2D eigenvalue weighted by Crippen LogP contribution is -2.11. The van der Waals surface area contributed by atoms with Crippen molar-refractivity contribution in [1.82, 2.24) is 4.98 Å². The van der Waals surface area contributed by atoms with Crippen LogP contribution in [0.4, 0.5) is 11.5 Å². The number of pyridine rings is 1. The van der Waals surface area contributed by atoms with Gasteiger partial charge in [0.15, 0.2) is 0 Å². The Morgan fingerprint density at radius 2 is 2.18 bits per heavy atom. The van der Waals surface area contributed by atoms with Gasteiger partial charge in [0.1, 0.15) is 5.82 Å². The van der Waals surface area contributed by atoms with Crippen molar-refractivity contribution >= 4 is 28.7 Å². The first-order valence-corrected chi connectivity index (χ1v) is 5.98. The molecule has 0 spiro atoms. The van der Waals surface area contributed by atoms with Crippen LogP contribution in [0.25, 0.3) is 0 Å². The summed E-state index contributed by atoms with van der Waals surface area (Å²) in [6, 6.07) is 5.48. The van der Waals surface area contributed by atoms with E-state index in [1.54, 1.807) is 18.3 Å². The van der Waals surface area contributed by atoms with Gasteiger partial charge in [-0.25, -0.2) is 4.98 Å². The molecule has 2 rings (SSSR count). The van der Waals surface area contributed by atoms with Gasteiger partial charge in [-0.1, -0.05) is 0 Å². The van der Waals surface area contributed by atoms with E-state index >= 15 is 0 Å². The van der Waals surface area contributed by atoms with Crippen LogP contribution in [0, 0.1) is 13.8 Å². The van der Waals surface area contributed by atoms with Crippen molar-refractivity contribution in [2.45, 2.75) is 13.8 Å². The summed E-state index contributed by atoms with van der Waals surface area (Å²) < 4.78 is 0. The number of aromatic nitrogens is 1. The number of rotatable bonds is 2. The van der Waals surface area contributed by atoms with Crippen LogP contribution in [-0.4, -0.2) is 10.9 Å². The van der Waals surface area contributed by atoms with E-state index in [1.165, 1.54) is 11.3 Å². The zero-order valence-corrected chi connectivity index (χ0v) is 10.5. The molecule has 1 amide bonds. The highest BCUT2D eigenvalue weighted by molar-refractivity contribution is 7.14. The van der Waals surface area contributed by atoms with Gasteiger partial charge in [-0.2, -0.15) is 0 Å². The minimum Gasteiger partial charge on any atom is -0.397 e. The molecular weight excluding hydrogens is 234 g/mol. The van der Waals surface area contributed by atoms with Crippen molar-refractivity contribution in [3.63, 3.8) is 0 Å². The average Bonchev–Trinajstić information content (AvgIpc) is 2.70. The summed E-state index contributed by atoms with van der Waals surface area (Å²) in [5.74, 6) is 0.382. The summed E-state index contributed by atoms with van der Waals surface area (Å²) in [5.41, 5.74) is 7.18. The number of nitrogens with zero attached hydrogens (tertiary/aromatic N) is 1. The fourth-order valence-electron chi connectivity index (χ4n) is 1.37. The standard InChI is InChI=1S/C12H13N3OS/c1-7-5-11(14-6-9(7)13)15-12(16)10-4-3-8(2)17-10/h3-6H,13H2,1-2H3,(H,14,15,16). The zero-order valence-electron chi connectivity index (χ0n) is 9.65. The molecule has 0 aromatic carbocycles. The normalized spacial score (nSPS) is 10.2. The van der Waals surface area contributed by atoms with Gasteiger partial charge in [0.25, 0.3) is 5.91 Å². The molecule has 2 aromatic heterocycles. The Morgan fingerprint density at radius 1 is 1.41 bits per heavy atom. The minimum atomic E-state index is -0.139. The van der Waals surface area contributed by atoms with E-state index in [0.29, 0.717) is 16.4 Å². The molecule has 17 heavy (non-hydrogen) atoms. The second-order valence-electron chi connectivity index (χ2n) is 3.79. The Balaban J connectivity index is 2.15. The molecule has 0 bridgehead atoms. The topological polar surface area (TPSA) is 68.0 Å². The number of nitrogens with one attached hydrogen (secondary N) is 1. The molecular formula is C12H13N3OS. The van der Waals surface area contributed by atoms with Gasteiger partial charge in [0.05, 0.1) is 16.8 Å². The van der Waals surface area contributed by atoms with Crippen molar-refractivity contribution in [2.24, 2.45) is 0 Å². The van der Waals surface area contributed by atoms with Gasteiger partial charge in [-0.05, 0) is 37.6 Å². The molecule has 0 aliphatic heterocycles. The van der Waals surface area contributed by atoms with Crippen LogP contribution in [0.15, 0.2) is 24.4 Å². The lowest BCUT2D eigenvalue weighted by Gasteiger charge is -2.05. The van der Waals surface area contributed by atoms with E-state index in [4.69, 9.17) is 5.73 Å². The second-order valence-corrected chi connectivity index (χ2v) is 5.08.